The third-order valence-electron chi connectivity index (χ3n) is 4.27. The summed E-state index contributed by atoms with van der Waals surface area (Å²) in [6, 6.07) is -0.0941. The highest BCUT2D eigenvalue weighted by molar-refractivity contribution is 5.82. The lowest BCUT2D eigenvalue weighted by atomic mass is 10.1. The number of carbonyl (C=O) groups excluding carboxylic acids is 2. The van der Waals surface area contributed by atoms with Crippen LogP contribution < -0.4 is 5.32 Å². The van der Waals surface area contributed by atoms with Gasteiger partial charge >= 0.3 is 0 Å². The first-order chi connectivity index (χ1) is 10.7. The summed E-state index contributed by atoms with van der Waals surface area (Å²) >= 11 is 0. The van der Waals surface area contributed by atoms with E-state index in [1.807, 2.05) is 17.7 Å². The highest BCUT2D eigenvalue weighted by atomic mass is 16.5. The molecule has 1 aromatic rings. The summed E-state index contributed by atoms with van der Waals surface area (Å²) in [5.74, 6) is 0.825. The monoisotopic (exact) mass is 306 g/mol. The van der Waals surface area contributed by atoms with Crippen molar-refractivity contribution in [3.05, 3.63) is 18.2 Å². The van der Waals surface area contributed by atoms with Crippen LogP contribution in [0.2, 0.25) is 0 Å². The molecule has 0 spiro atoms. The van der Waals surface area contributed by atoms with Crippen molar-refractivity contribution in [2.24, 2.45) is 5.92 Å². The summed E-state index contributed by atoms with van der Waals surface area (Å²) in [7, 11) is 0. The van der Waals surface area contributed by atoms with Crippen LogP contribution in [0.25, 0.3) is 0 Å². The SMILES string of the molecule is CCc1nccn1CCC(=O)N1C[C@H]2COC[C@@H](C1)C(=O)N2. The summed E-state index contributed by atoms with van der Waals surface area (Å²) in [5.41, 5.74) is 0. The molecule has 2 aliphatic heterocycles. The first kappa shape index (κ1) is 15.0. The highest BCUT2D eigenvalue weighted by Gasteiger charge is 2.34. The van der Waals surface area contributed by atoms with Gasteiger partial charge in [0.1, 0.15) is 5.82 Å². The third kappa shape index (κ3) is 3.14. The van der Waals surface area contributed by atoms with Crippen LogP contribution in [0.15, 0.2) is 12.4 Å². The fourth-order valence-corrected chi connectivity index (χ4v) is 3.07. The number of hydrogen-bond donors (Lipinski definition) is 1. The van der Waals surface area contributed by atoms with Crippen molar-refractivity contribution in [1.29, 1.82) is 0 Å². The van der Waals surface area contributed by atoms with Gasteiger partial charge in [-0.2, -0.15) is 0 Å². The maximum atomic E-state index is 12.5. The number of fused-ring (bicyclic) bond motifs is 3. The molecule has 2 fully saturated rings. The molecule has 0 aliphatic carbocycles. The lowest BCUT2D eigenvalue weighted by Crippen LogP contribution is -2.44. The van der Waals surface area contributed by atoms with E-state index < -0.39 is 0 Å². The first-order valence-corrected chi connectivity index (χ1v) is 7.83. The number of ether oxygens (including phenoxy) is 1. The molecule has 7 heteroatoms. The van der Waals surface area contributed by atoms with E-state index in [1.54, 1.807) is 11.1 Å². The minimum Gasteiger partial charge on any atom is -0.378 e. The van der Waals surface area contributed by atoms with Gasteiger partial charge in [0.15, 0.2) is 0 Å². The molecular weight excluding hydrogens is 284 g/mol. The van der Waals surface area contributed by atoms with E-state index in [1.165, 1.54) is 0 Å². The Hall–Kier alpha value is -1.89. The smallest absolute Gasteiger partial charge is 0.227 e. The fourth-order valence-electron chi connectivity index (χ4n) is 3.07. The van der Waals surface area contributed by atoms with E-state index in [9.17, 15) is 9.59 Å². The van der Waals surface area contributed by atoms with Crippen molar-refractivity contribution in [1.82, 2.24) is 19.8 Å². The van der Waals surface area contributed by atoms with E-state index in [-0.39, 0.29) is 23.8 Å². The van der Waals surface area contributed by atoms with Crippen molar-refractivity contribution >= 4 is 11.8 Å². The summed E-state index contributed by atoms with van der Waals surface area (Å²) in [6.45, 7) is 4.54. The summed E-state index contributed by atoms with van der Waals surface area (Å²) in [4.78, 5) is 30.5. The third-order valence-corrected chi connectivity index (χ3v) is 4.27. The molecule has 3 rings (SSSR count). The van der Waals surface area contributed by atoms with Crippen LogP contribution in [0.1, 0.15) is 19.2 Å². The van der Waals surface area contributed by atoms with Crippen LogP contribution in [0.5, 0.6) is 0 Å². The zero-order chi connectivity index (χ0) is 15.5. The molecule has 0 unspecified atom stereocenters. The number of aromatic nitrogens is 2. The largest absolute Gasteiger partial charge is 0.378 e. The molecule has 2 amide bonds. The van der Waals surface area contributed by atoms with Crippen LogP contribution in [-0.4, -0.2) is 58.6 Å². The Morgan fingerprint density at radius 1 is 1.45 bits per heavy atom. The van der Waals surface area contributed by atoms with Crippen molar-refractivity contribution in [3.63, 3.8) is 0 Å². The van der Waals surface area contributed by atoms with Crippen LogP contribution >= 0.6 is 0 Å². The molecule has 22 heavy (non-hydrogen) atoms. The van der Waals surface area contributed by atoms with Crippen LogP contribution in [0.3, 0.4) is 0 Å². The molecule has 7 nitrogen and oxygen atoms in total. The van der Waals surface area contributed by atoms with Gasteiger partial charge in [0, 0.05) is 44.9 Å². The Bertz CT molecular complexity index is 557. The number of rotatable bonds is 4. The van der Waals surface area contributed by atoms with Gasteiger partial charge in [0.05, 0.1) is 25.2 Å². The molecule has 3 heterocycles. The lowest BCUT2D eigenvalue weighted by molar-refractivity contribution is -0.133. The molecule has 2 aliphatic rings. The number of nitrogens with zero attached hydrogens (tertiary/aromatic N) is 3. The normalized spacial score (nSPS) is 24.8. The lowest BCUT2D eigenvalue weighted by Gasteiger charge is -2.27. The predicted molar refractivity (Wildman–Crippen MR) is 79.0 cm³/mol. The predicted octanol–water partition coefficient (Wildman–Crippen LogP) is -0.191. The minimum absolute atomic E-state index is 0.000629. The van der Waals surface area contributed by atoms with Crippen molar-refractivity contribution in [2.75, 3.05) is 26.3 Å². The maximum absolute atomic E-state index is 12.5. The molecule has 1 aromatic heterocycles. The van der Waals surface area contributed by atoms with Crippen molar-refractivity contribution < 1.29 is 14.3 Å². The van der Waals surface area contributed by atoms with E-state index in [0.717, 1.165) is 12.2 Å². The van der Waals surface area contributed by atoms with E-state index >= 15 is 0 Å². The molecule has 2 saturated heterocycles. The van der Waals surface area contributed by atoms with Crippen LogP contribution in [-0.2, 0) is 27.3 Å². The second-order valence-electron chi connectivity index (χ2n) is 5.88. The molecule has 0 aromatic carbocycles. The first-order valence-electron chi connectivity index (χ1n) is 7.83. The summed E-state index contributed by atoms with van der Waals surface area (Å²) in [5, 5.41) is 2.94. The quantitative estimate of drug-likeness (QED) is 0.836. The van der Waals surface area contributed by atoms with Crippen LogP contribution in [0, 0.1) is 5.92 Å². The summed E-state index contributed by atoms with van der Waals surface area (Å²) in [6.07, 6.45) is 4.95. The second kappa shape index (κ2) is 6.48. The number of imidazole rings is 1. The standard InChI is InChI=1S/C15H22N4O3/c1-2-13-16-4-6-18(13)5-3-14(20)19-7-11-9-22-10-12(8-19)17-15(11)21/h4,6,11-12H,2-3,5,7-10H2,1H3,(H,17,21)/t11-,12+/m1/s1. The second-order valence-corrected chi connectivity index (χ2v) is 5.88. The Morgan fingerprint density at radius 3 is 3.14 bits per heavy atom. The fraction of sp³-hybridized carbons (Fsp3) is 0.667. The van der Waals surface area contributed by atoms with Gasteiger partial charge in [0.25, 0.3) is 0 Å². The number of nitrogens with one attached hydrogen (secondary N) is 1. The average molecular weight is 306 g/mol. The highest BCUT2D eigenvalue weighted by Crippen LogP contribution is 2.15. The number of hydrogen-bond acceptors (Lipinski definition) is 4. The Kier molecular flexibility index (Phi) is 4.42. The van der Waals surface area contributed by atoms with Gasteiger partial charge in [0.2, 0.25) is 11.8 Å². The van der Waals surface area contributed by atoms with Crippen LogP contribution in [0.4, 0.5) is 0 Å². The Labute approximate surface area is 129 Å². The molecule has 1 N–H and O–H groups in total. The van der Waals surface area contributed by atoms with Crippen molar-refractivity contribution in [3.8, 4) is 0 Å². The average Bonchev–Trinajstić information content (AvgIpc) is 2.80. The topological polar surface area (TPSA) is 76.5 Å². The zero-order valence-electron chi connectivity index (χ0n) is 12.8. The van der Waals surface area contributed by atoms with Gasteiger partial charge in [-0.1, -0.05) is 6.92 Å². The maximum Gasteiger partial charge on any atom is 0.227 e. The zero-order valence-corrected chi connectivity index (χ0v) is 12.8. The number of carbonyl (C=O) groups is 2. The number of amides is 2. The Morgan fingerprint density at radius 2 is 2.32 bits per heavy atom. The molecule has 0 saturated carbocycles. The van der Waals surface area contributed by atoms with E-state index in [2.05, 4.69) is 10.3 Å². The minimum atomic E-state index is -0.254. The van der Waals surface area contributed by atoms with Gasteiger partial charge in [-0.15, -0.1) is 0 Å². The van der Waals surface area contributed by atoms with E-state index in [0.29, 0.717) is 39.3 Å². The molecule has 2 atom stereocenters. The summed E-state index contributed by atoms with van der Waals surface area (Å²) < 4.78 is 7.49. The molecular formula is C15H22N4O3. The van der Waals surface area contributed by atoms with Crippen molar-refractivity contribution in [2.45, 2.75) is 32.4 Å². The Balaban J connectivity index is 1.61. The van der Waals surface area contributed by atoms with Gasteiger partial charge in [-0.3, -0.25) is 9.59 Å². The van der Waals surface area contributed by atoms with Gasteiger partial charge in [-0.05, 0) is 0 Å². The molecule has 2 bridgehead atoms. The molecule has 120 valence electrons. The van der Waals surface area contributed by atoms with Gasteiger partial charge < -0.3 is 19.5 Å². The molecule has 0 radical (unpaired) electrons. The number of aryl methyl sites for hydroxylation is 2. The van der Waals surface area contributed by atoms with E-state index in [4.69, 9.17) is 4.74 Å². The van der Waals surface area contributed by atoms with Gasteiger partial charge in [-0.25, -0.2) is 4.98 Å².